The Morgan fingerprint density at radius 2 is 1.04 bits per heavy atom. The van der Waals surface area contributed by atoms with Crippen LogP contribution < -0.4 is 0 Å². The first-order valence-electron chi connectivity index (χ1n) is 17.6. The second kappa shape index (κ2) is 10.7. The molecule has 0 N–H and O–H groups in total. The highest BCUT2D eigenvalue weighted by Gasteiger charge is 2.21. The van der Waals surface area contributed by atoms with Crippen molar-refractivity contribution in [1.29, 1.82) is 0 Å². The van der Waals surface area contributed by atoms with Crippen molar-refractivity contribution in [3.05, 3.63) is 175 Å². The van der Waals surface area contributed by atoms with Crippen molar-refractivity contribution in [2.24, 2.45) is 0 Å². The van der Waals surface area contributed by atoms with Crippen LogP contribution in [0.25, 0.3) is 104 Å². The van der Waals surface area contributed by atoms with Gasteiger partial charge < -0.3 is 8.98 Å². The molecule has 0 bridgehead atoms. The third-order valence-corrected chi connectivity index (χ3v) is 10.8. The molecule has 2 aromatic heterocycles. The minimum atomic E-state index is 0.920. The second-order valence-electron chi connectivity index (χ2n) is 13.7. The van der Waals surface area contributed by atoms with Crippen LogP contribution in [0.2, 0.25) is 0 Å². The van der Waals surface area contributed by atoms with E-state index in [1.165, 1.54) is 71.0 Å². The standard InChI is InChI=1S/C49H31NO/c1-30-21-26-46-44(27-30)41-24-25-45-47(49(41)51-46)42-20-10-19-35(48(42)50(45)34-13-3-2-4-14-34)33-12-9-11-31(28-33)32-22-23-40-38-17-6-5-15-36(38)37-16-7-8-18-39(37)43(40)29-32/h2-29H,1H3. The smallest absolute Gasteiger partial charge is 0.145 e. The van der Waals surface area contributed by atoms with Gasteiger partial charge in [0.05, 0.1) is 16.4 Å². The topological polar surface area (TPSA) is 18.1 Å². The molecule has 238 valence electrons. The Balaban J connectivity index is 1.17. The van der Waals surface area contributed by atoms with E-state index in [0.717, 1.165) is 38.5 Å². The van der Waals surface area contributed by atoms with Gasteiger partial charge in [0.2, 0.25) is 0 Å². The molecule has 0 unspecified atom stereocenters. The lowest BCUT2D eigenvalue weighted by molar-refractivity contribution is 0.673. The van der Waals surface area contributed by atoms with E-state index < -0.39 is 0 Å². The van der Waals surface area contributed by atoms with Crippen LogP contribution in [0.1, 0.15) is 5.56 Å². The fraction of sp³-hybridized carbons (Fsp3) is 0.0204. The van der Waals surface area contributed by atoms with Gasteiger partial charge in [-0.3, -0.25) is 0 Å². The van der Waals surface area contributed by atoms with E-state index in [2.05, 4.69) is 181 Å². The second-order valence-corrected chi connectivity index (χ2v) is 13.7. The summed E-state index contributed by atoms with van der Waals surface area (Å²) in [6.07, 6.45) is 0. The van der Waals surface area contributed by atoms with E-state index >= 15 is 0 Å². The number of fused-ring (bicyclic) bond motifs is 13. The number of hydrogen-bond acceptors (Lipinski definition) is 1. The maximum atomic E-state index is 6.68. The Morgan fingerprint density at radius 3 is 1.82 bits per heavy atom. The number of benzene rings is 9. The van der Waals surface area contributed by atoms with Crippen LogP contribution in [0.5, 0.6) is 0 Å². The van der Waals surface area contributed by atoms with Gasteiger partial charge in [0.1, 0.15) is 11.2 Å². The van der Waals surface area contributed by atoms with Gasteiger partial charge in [-0.05, 0) is 104 Å². The molecule has 0 saturated carbocycles. The Hall–Kier alpha value is -6.64. The summed E-state index contributed by atoms with van der Waals surface area (Å²) in [6, 6.07) is 61.9. The Bertz CT molecular complexity index is 3160. The SMILES string of the molecule is Cc1ccc2oc3c(ccc4c3c3cccc(-c5cccc(-c6ccc7c8ccccc8c8ccccc8c7c6)c5)c3n4-c3ccccc3)c2c1. The summed E-state index contributed by atoms with van der Waals surface area (Å²) in [5, 5.41) is 12.4. The number of hydrogen-bond donors (Lipinski definition) is 0. The van der Waals surface area contributed by atoms with Crippen molar-refractivity contribution in [1.82, 2.24) is 4.57 Å². The average molecular weight is 650 g/mol. The van der Waals surface area contributed by atoms with Crippen molar-refractivity contribution in [2.45, 2.75) is 6.92 Å². The normalized spacial score (nSPS) is 12.0. The number of furan rings is 1. The van der Waals surface area contributed by atoms with Crippen LogP contribution in [0, 0.1) is 6.92 Å². The van der Waals surface area contributed by atoms with E-state index in [9.17, 15) is 0 Å². The molecule has 0 radical (unpaired) electrons. The molecule has 0 aliphatic heterocycles. The summed E-state index contributed by atoms with van der Waals surface area (Å²) in [4.78, 5) is 0. The van der Waals surface area contributed by atoms with Crippen molar-refractivity contribution < 1.29 is 4.42 Å². The number of rotatable bonds is 3. The van der Waals surface area contributed by atoms with Gasteiger partial charge in [0.15, 0.2) is 0 Å². The summed E-state index contributed by atoms with van der Waals surface area (Å²) in [5.74, 6) is 0. The summed E-state index contributed by atoms with van der Waals surface area (Å²) in [5.41, 5.74) is 11.3. The lowest BCUT2D eigenvalue weighted by Gasteiger charge is -2.14. The van der Waals surface area contributed by atoms with Gasteiger partial charge in [-0.15, -0.1) is 0 Å². The Morgan fingerprint density at radius 1 is 0.412 bits per heavy atom. The lowest BCUT2D eigenvalue weighted by atomic mass is 9.91. The van der Waals surface area contributed by atoms with Crippen molar-refractivity contribution in [3.8, 4) is 27.9 Å². The van der Waals surface area contributed by atoms with Gasteiger partial charge >= 0.3 is 0 Å². The maximum absolute atomic E-state index is 6.68. The van der Waals surface area contributed by atoms with E-state index in [-0.39, 0.29) is 0 Å². The summed E-state index contributed by atoms with van der Waals surface area (Å²) in [7, 11) is 0. The lowest BCUT2D eigenvalue weighted by Crippen LogP contribution is -1.95. The third kappa shape index (κ3) is 4.11. The summed E-state index contributed by atoms with van der Waals surface area (Å²) < 4.78 is 9.09. The molecule has 0 spiro atoms. The maximum Gasteiger partial charge on any atom is 0.145 e. The third-order valence-electron chi connectivity index (χ3n) is 10.8. The number of para-hydroxylation sites is 2. The molecule has 2 heteroatoms. The molecule has 51 heavy (non-hydrogen) atoms. The molecule has 2 heterocycles. The van der Waals surface area contributed by atoms with Crippen LogP contribution in [-0.2, 0) is 0 Å². The fourth-order valence-corrected chi connectivity index (χ4v) is 8.53. The van der Waals surface area contributed by atoms with Crippen LogP contribution in [0.3, 0.4) is 0 Å². The van der Waals surface area contributed by atoms with Gasteiger partial charge in [0, 0.05) is 27.4 Å². The zero-order valence-corrected chi connectivity index (χ0v) is 28.0. The zero-order valence-electron chi connectivity index (χ0n) is 28.0. The van der Waals surface area contributed by atoms with E-state index in [1.54, 1.807) is 0 Å². The van der Waals surface area contributed by atoms with Gasteiger partial charge in [-0.1, -0.05) is 127 Å². The molecule has 0 atom stereocenters. The molecule has 0 aliphatic carbocycles. The highest BCUT2D eigenvalue weighted by atomic mass is 16.3. The zero-order chi connectivity index (χ0) is 33.6. The largest absolute Gasteiger partial charge is 0.455 e. The predicted octanol–water partition coefficient (Wildman–Crippen LogP) is 13.8. The average Bonchev–Trinajstić information content (AvgIpc) is 3.73. The summed E-state index contributed by atoms with van der Waals surface area (Å²) in [6.45, 7) is 2.14. The molecule has 11 rings (SSSR count). The fourth-order valence-electron chi connectivity index (χ4n) is 8.53. The van der Waals surface area contributed by atoms with Crippen LogP contribution in [0.15, 0.2) is 174 Å². The molecule has 0 fully saturated rings. The van der Waals surface area contributed by atoms with Crippen LogP contribution in [-0.4, -0.2) is 4.57 Å². The van der Waals surface area contributed by atoms with E-state index in [1.807, 2.05) is 0 Å². The quantitative estimate of drug-likeness (QED) is 0.174. The van der Waals surface area contributed by atoms with E-state index in [4.69, 9.17) is 4.42 Å². The molecule has 9 aromatic carbocycles. The highest BCUT2D eigenvalue weighted by Crippen LogP contribution is 2.44. The molecule has 11 aromatic rings. The van der Waals surface area contributed by atoms with Gasteiger partial charge in [-0.2, -0.15) is 0 Å². The van der Waals surface area contributed by atoms with Gasteiger partial charge in [0.25, 0.3) is 0 Å². The molecule has 0 aliphatic rings. The highest BCUT2D eigenvalue weighted by molar-refractivity contribution is 6.27. The van der Waals surface area contributed by atoms with Gasteiger partial charge in [-0.25, -0.2) is 0 Å². The molecule has 2 nitrogen and oxygen atoms in total. The molecular formula is C49H31NO. The number of aryl methyl sites for hydroxylation is 1. The van der Waals surface area contributed by atoms with Crippen molar-refractivity contribution in [2.75, 3.05) is 0 Å². The monoisotopic (exact) mass is 649 g/mol. The minimum absolute atomic E-state index is 0.920. The number of aromatic nitrogens is 1. The first-order chi connectivity index (χ1) is 25.2. The van der Waals surface area contributed by atoms with Crippen LogP contribution >= 0.6 is 0 Å². The first kappa shape index (κ1) is 28.2. The summed E-state index contributed by atoms with van der Waals surface area (Å²) >= 11 is 0. The minimum Gasteiger partial charge on any atom is -0.455 e. The van der Waals surface area contributed by atoms with Crippen molar-refractivity contribution in [3.63, 3.8) is 0 Å². The predicted molar refractivity (Wildman–Crippen MR) is 216 cm³/mol. The molecular weight excluding hydrogens is 619 g/mol. The molecule has 0 amide bonds. The molecule has 0 saturated heterocycles. The number of nitrogens with zero attached hydrogens (tertiary/aromatic N) is 1. The van der Waals surface area contributed by atoms with E-state index in [0.29, 0.717) is 0 Å². The van der Waals surface area contributed by atoms with Crippen molar-refractivity contribution >= 4 is 76.1 Å². The Kier molecular flexibility index (Phi) is 5.91. The van der Waals surface area contributed by atoms with Crippen LogP contribution in [0.4, 0.5) is 0 Å². The Labute approximate surface area is 294 Å². The first-order valence-corrected chi connectivity index (χ1v) is 17.6.